The summed E-state index contributed by atoms with van der Waals surface area (Å²) in [4.78, 5) is 39.7. The molecular weight excluding hydrogens is 861 g/mol. The van der Waals surface area contributed by atoms with Crippen LogP contribution in [0.1, 0.15) is 62.3 Å². The largest absolute Gasteiger partial charge is 0.497 e. The summed E-state index contributed by atoms with van der Waals surface area (Å²) < 4.78 is 32.0. The second-order valence-electron chi connectivity index (χ2n) is 16.6. The number of nitrogens with zero attached hydrogens (tertiary/aromatic N) is 4. The minimum absolute atomic E-state index is 0.0256. The van der Waals surface area contributed by atoms with Crippen molar-refractivity contribution in [3.8, 4) is 22.6 Å². The predicted molar refractivity (Wildman–Crippen MR) is 254 cm³/mol. The molecule has 3 atom stereocenters. The Balaban J connectivity index is 0.789. The van der Waals surface area contributed by atoms with Gasteiger partial charge in [0.05, 0.1) is 33.3 Å². The number of rotatable bonds is 15. The van der Waals surface area contributed by atoms with Gasteiger partial charge in [0.1, 0.15) is 42.4 Å². The van der Waals surface area contributed by atoms with E-state index in [1.807, 2.05) is 103 Å². The molecule has 342 valence electrons. The molecule has 8 aromatic rings. The Hall–Kier alpha value is -7.91. The van der Waals surface area contributed by atoms with Crippen LogP contribution in [0, 0.1) is 0 Å². The highest BCUT2D eigenvalue weighted by Crippen LogP contribution is 2.45. The van der Waals surface area contributed by atoms with Gasteiger partial charge in [-0.25, -0.2) is 19.7 Å². The van der Waals surface area contributed by atoms with Crippen LogP contribution in [-0.4, -0.2) is 76.3 Å². The molecule has 68 heavy (non-hydrogen) atoms. The normalized spacial score (nSPS) is 16.5. The van der Waals surface area contributed by atoms with Crippen LogP contribution in [0.2, 0.25) is 0 Å². The lowest BCUT2D eigenvalue weighted by atomic mass is 9.80. The summed E-state index contributed by atoms with van der Waals surface area (Å²) in [5.41, 5.74) is 8.02. The third-order valence-corrected chi connectivity index (χ3v) is 12.7. The van der Waals surface area contributed by atoms with Gasteiger partial charge in [-0.2, -0.15) is 0 Å². The Morgan fingerprint density at radius 1 is 0.721 bits per heavy atom. The first-order valence-electron chi connectivity index (χ1n) is 22.3. The molecule has 10 rings (SSSR count). The standard InChI is InChI=1S/C54H48N6O8/c1-64-39-24-20-37(21-25-39)54(36-10-4-3-5-11-36,38-22-26-40(65-2)27-23-38)67-31-47-46(61)28-48(68-47)60-33-58-49-50(56-32-57-51(49)60)59-52(62)35-18-16-34(17-19-35)29-55-53(63)66-30-45-43-14-8-6-12-41(43)42-13-7-9-15-44(42)45/h3-27,32-33,45-48,61H,28-31H2,1-2H3,(H,55,63)(H,56,57,59,62)/t46-,47-,48-/m1/s1. The van der Waals surface area contributed by atoms with Crippen LogP contribution < -0.4 is 20.1 Å². The number of carbonyl (C=O) groups is 2. The molecule has 6 aromatic carbocycles. The molecule has 1 fully saturated rings. The summed E-state index contributed by atoms with van der Waals surface area (Å²) in [6.45, 7) is 0.455. The number of aromatic nitrogens is 4. The maximum Gasteiger partial charge on any atom is 0.407 e. The first kappa shape index (κ1) is 44.0. The minimum atomic E-state index is -1.11. The van der Waals surface area contributed by atoms with Crippen molar-refractivity contribution in [1.29, 1.82) is 0 Å². The van der Waals surface area contributed by atoms with E-state index in [4.69, 9.17) is 23.7 Å². The summed E-state index contributed by atoms with van der Waals surface area (Å²) in [6.07, 6.45) is 0.351. The van der Waals surface area contributed by atoms with Gasteiger partial charge in [0, 0.05) is 24.4 Å². The van der Waals surface area contributed by atoms with Gasteiger partial charge in [0.25, 0.3) is 5.91 Å². The van der Waals surface area contributed by atoms with E-state index in [0.29, 0.717) is 28.2 Å². The second kappa shape index (κ2) is 19.1. The van der Waals surface area contributed by atoms with Crippen LogP contribution in [0.5, 0.6) is 11.5 Å². The number of fused-ring (bicyclic) bond motifs is 4. The molecule has 0 unspecified atom stereocenters. The van der Waals surface area contributed by atoms with Crippen LogP contribution in [0.15, 0.2) is 164 Å². The smallest absolute Gasteiger partial charge is 0.407 e. The van der Waals surface area contributed by atoms with E-state index < -0.39 is 36.0 Å². The molecule has 14 nitrogen and oxygen atoms in total. The Morgan fingerprint density at radius 2 is 1.32 bits per heavy atom. The molecule has 0 spiro atoms. The quantitative estimate of drug-likeness (QED) is 0.0841. The molecule has 1 aliphatic carbocycles. The minimum Gasteiger partial charge on any atom is -0.497 e. The van der Waals surface area contributed by atoms with Crippen molar-refractivity contribution in [2.24, 2.45) is 0 Å². The zero-order valence-corrected chi connectivity index (χ0v) is 37.3. The van der Waals surface area contributed by atoms with Crippen LogP contribution in [0.4, 0.5) is 10.6 Å². The molecule has 0 bridgehead atoms. The first-order chi connectivity index (χ1) is 33.3. The van der Waals surface area contributed by atoms with Crippen molar-refractivity contribution in [2.75, 3.05) is 32.8 Å². The van der Waals surface area contributed by atoms with Crippen LogP contribution in [0.3, 0.4) is 0 Å². The molecule has 1 saturated heterocycles. The van der Waals surface area contributed by atoms with Crippen molar-refractivity contribution in [3.63, 3.8) is 0 Å². The van der Waals surface area contributed by atoms with Gasteiger partial charge in [-0.05, 0) is 80.9 Å². The Labute approximate surface area is 392 Å². The lowest BCUT2D eigenvalue weighted by molar-refractivity contribution is -0.0931. The third kappa shape index (κ3) is 8.52. The summed E-state index contributed by atoms with van der Waals surface area (Å²) in [5, 5.41) is 17.2. The summed E-state index contributed by atoms with van der Waals surface area (Å²) >= 11 is 0. The molecule has 0 saturated carbocycles. The van der Waals surface area contributed by atoms with Gasteiger partial charge >= 0.3 is 6.09 Å². The number of hydrogen-bond acceptors (Lipinski definition) is 11. The van der Waals surface area contributed by atoms with Gasteiger partial charge in [0.2, 0.25) is 0 Å². The number of aliphatic hydroxyl groups excluding tert-OH is 1. The zero-order chi connectivity index (χ0) is 46.6. The molecular formula is C54H48N6O8. The topological polar surface area (TPSA) is 168 Å². The molecule has 2 aliphatic rings. The summed E-state index contributed by atoms with van der Waals surface area (Å²) in [6, 6.07) is 48.7. The number of aliphatic hydroxyl groups is 1. The Kier molecular flexibility index (Phi) is 12.4. The van der Waals surface area contributed by atoms with Crippen molar-refractivity contribution in [1.82, 2.24) is 24.8 Å². The highest BCUT2D eigenvalue weighted by molar-refractivity contribution is 6.06. The maximum absolute atomic E-state index is 13.5. The number of imidazole rings is 1. The maximum atomic E-state index is 13.5. The van der Waals surface area contributed by atoms with Crippen LogP contribution >= 0.6 is 0 Å². The van der Waals surface area contributed by atoms with Crippen molar-refractivity contribution < 1.29 is 38.4 Å². The molecule has 3 N–H and O–H groups in total. The number of carbonyl (C=O) groups excluding carboxylic acids is 2. The molecule has 14 heteroatoms. The number of ether oxygens (including phenoxy) is 5. The monoisotopic (exact) mass is 908 g/mol. The number of amides is 2. The van der Waals surface area contributed by atoms with E-state index in [1.165, 1.54) is 6.33 Å². The second-order valence-corrected chi connectivity index (χ2v) is 16.6. The lowest BCUT2D eigenvalue weighted by Crippen LogP contribution is -2.38. The summed E-state index contributed by atoms with van der Waals surface area (Å²) in [7, 11) is 3.25. The lowest BCUT2D eigenvalue weighted by Gasteiger charge is -2.37. The van der Waals surface area contributed by atoms with Gasteiger partial charge in [0.15, 0.2) is 17.0 Å². The number of nitrogens with one attached hydrogen (secondary N) is 2. The van der Waals surface area contributed by atoms with Gasteiger partial charge in [-0.3, -0.25) is 9.36 Å². The van der Waals surface area contributed by atoms with E-state index in [-0.39, 0.29) is 37.9 Å². The number of alkyl carbamates (subject to hydrolysis) is 1. The van der Waals surface area contributed by atoms with Crippen molar-refractivity contribution in [3.05, 3.63) is 203 Å². The highest BCUT2D eigenvalue weighted by Gasteiger charge is 2.42. The average molecular weight is 909 g/mol. The predicted octanol–water partition coefficient (Wildman–Crippen LogP) is 8.79. The number of benzene rings is 6. The van der Waals surface area contributed by atoms with E-state index in [9.17, 15) is 14.7 Å². The van der Waals surface area contributed by atoms with E-state index >= 15 is 0 Å². The average Bonchev–Trinajstić information content (AvgIpc) is 4.09. The Morgan fingerprint density at radius 3 is 1.96 bits per heavy atom. The molecule has 3 heterocycles. The van der Waals surface area contributed by atoms with Crippen molar-refractivity contribution >= 4 is 29.0 Å². The fourth-order valence-corrected chi connectivity index (χ4v) is 9.25. The fraction of sp³-hybridized carbons (Fsp3) is 0.204. The third-order valence-electron chi connectivity index (χ3n) is 12.7. The van der Waals surface area contributed by atoms with Gasteiger partial charge in [-0.15, -0.1) is 0 Å². The molecule has 0 radical (unpaired) electrons. The van der Waals surface area contributed by atoms with Crippen LogP contribution in [-0.2, 0) is 26.4 Å². The molecule has 2 amide bonds. The van der Waals surface area contributed by atoms with E-state index in [1.54, 1.807) is 49.4 Å². The SMILES string of the molecule is COc1ccc(C(OC[C@H]2O[C@@H](n3cnc4c(NC(=O)c5ccc(CNC(=O)OCC6c7ccccc7-c7ccccc76)cc5)ncnc43)C[C@H]2O)(c2ccccc2)c2ccc(OC)cc2)cc1. The number of anilines is 1. The van der Waals surface area contributed by atoms with E-state index in [2.05, 4.69) is 49.9 Å². The van der Waals surface area contributed by atoms with Crippen LogP contribution in [0.25, 0.3) is 22.3 Å². The van der Waals surface area contributed by atoms with Gasteiger partial charge in [-0.1, -0.05) is 115 Å². The Bertz CT molecular complexity index is 2960. The number of methoxy groups -OCH3 is 2. The fourth-order valence-electron chi connectivity index (χ4n) is 9.25. The summed E-state index contributed by atoms with van der Waals surface area (Å²) in [5.74, 6) is 1.18. The van der Waals surface area contributed by atoms with E-state index in [0.717, 1.165) is 44.5 Å². The highest BCUT2D eigenvalue weighted by atomic mass is 16.6. The molecule has 2 aromatic heterocycles. The first-order valence-corrected chi connectivity index (χ1v) is 22.3. The zero-order valence-electron chi connectivity index (χ0n) is 37.3. The van der Waals surface area contributed by atoms with Gasteiger partial charge < -0.3 is 39.4 Å². The van der Waals surface area contributed by atoms with Crippen molar-refractivity contribution in [2.45, 2.75) is 42.9 Å². The number of hydrogen-bond donors (Lipinski definition) is 3. The molecule has 1 aliphatic heterocycles.